The SMILES string of the molecule is C=C[C@@H]1C(OC2OC(CO)C(O)C(O)C2O)OC=C(C(=O)OC)[C@H]1C(C=O)=CC[C@H]1C(C(=O)OC)=COC(OC2OC(CO)C(O)C(O)C2O)[C@H]1C=C. The Balaban J connectivity index is 1.66. The van der Waals surface area contributed by atoms with E-state index in [4.69, 9.17) is 37.9 Å². The maximum Gasteiger partial charge on any atom is 0.337 e. The molecule has 0 aliphatic carbocycles. The summed E-state index contributed by atoms with van der Waals surface area (Å²) in [6, 6.07) is 0. The van der Waals surface area contributed by atoms with Crippen molar-refractivity contribution in [3.05, 3.63) is 60.6 Å². The molecule has 53 heavy (non-hydrogen) atoms. The molecule has 12 unspecified atom stereocenters. The van der Waals surface area contributed by atoms with Gasteiger partial charge in [0.15, 0.2) is 12.6 Å². The summed E-state index contributed by atoms with van der Waals surface area (Å²) < 4.78 is 43.7. The Hall–Kier alpha value is -3.57. The summed E-state index contributed by atoms with van der Waals surface area (Å²) in [6.45, 7) is 6.16. The Kier molecular flexibility index (Phi) is 14.8. The van der Waals surface area contributed by atoms with E-state index < -0.39 is 123 Å². The Labute approximate surface area is 303 Å². The third kappa shape index (κ3) is 8.72. The molecule has 0 bridgehead atoms. The van der Waals surface area contributed by atoms with Crippen LogP contribution in [0.4, 0.5) is 0 Å². The monoisotopic (exact) mass is 758 g/mol. The summed E-state index contributed by atoms with van der Waals surface area (Å²) in [5, 5.41) is 81.1. The zero-order valence-electron chi connectivity index (χ0n) is 28.8. The molecule has 0 saturated carbocycles. The maximum absolute atomic E-state index is 13.0. The smallest absolute Gasteiger partial charge is 0.337 e. The Morgan fingerprint density at radius 2 is 1.15 bits per heavy atom. The number of hydrogen-bond donors (Lipinski definition) is 8. The molecule has 4 rings (SSSR count). The van der Waals surface area contributed by atoms with Crippen molar-refractivity contribution in [3.63, 3.8) is 0 Å². The van der Waals surface area contributed by atoms with E-state index in [9.17, 15) is 55.2 Å². The van der Waals surface area contributed by atoms with Crippen LogP contribution in [0.5, 0.6) is 0 Å². The molecule has 19 nitrogen and oxygen atoms in total. The van der Waals surface area contributed by atoms with Gasteiger partial charge in [-0.2, -0.15) is 0 Å². The largest absolute Gasteiger partial charge is 0.471 e. The predicted octanol–water partition coefficient (Wildman–Crippen LogP) is -3.20. The van der Waals surface area contributed by atoms with Crippen molar-refractivity contribution in [2.45, 2.75) is 80.4 Å². The highest BCUT2D eigenvalue weighted by atomic mass is 16.8. The van der Waals surface area contributed by atoms with Gasteiger partial charge in [-0.05, 0) is 12.0 Å². The molecular weight excluding hydrogens is 712 g/mol. The normalized spacial score (nSPS) is 40.4. The average Bonchev–Trinajstić information content (AvgIpc) is 3.17. The molecule has 4 aliphatic heterocycles. The van der Waals surface area contributed by atoms with Gasteiger partial charge in [-0.25, -0.2) is 9.59 Å². The van der Waals surface area contributed by atoms with Crippen LogP contribution in [0.3, 0.4) is 0 Å². The van der Waals surface area contributed by atoms with E-state index in [1.54, 1.807) is 0 Å². The number of esters is 2. The minimum Gasteiger partial charge on any atom is -0.471 e. The minimum absolute atomic E-state index is 0.0210. The van der Waals surface area contributed by atoms with Gasteiger partial charge in [0.1, 0.15) is 55.1 Å². The number of allylic oxidation sites excluding steroid dienone is 2. The lowest BCUT2D eigenvalue weighted by molar-refractivity contribution is -0.339. The lowest BCUT2D eigenvalue weighted by atomic mass is 9.76. The third-order valence-electron chi connectivity index (χ3n) is 9.59. The van der Waals surface area contributed by atoms with Crippen molar-refractivity contribution < 1.29 is 93.1 Å². The lowest BCUT2D eigenvalue weighted by Crippen LogP contribution is -2.60. The van der Waals surface area contributed by atoms with E-state index in [-0.39, 0.29) is 23.1 Å². The van der Waals surface area contributed by atoms with E-state index >= 15 is 0 Å². The molecule has 0 aromatic heterocycles. The quantitative estimate of drug-likeness (QED) is 0.0375. The number of methoxy groups -OCH3 is 2. The van der Waals surface area contributed by atoms with Crippen molar-refractivity contribution >= 4 is 18.2 Å². The van der Waals surface area contributed by atoms with E-state index in [1.165, 1.54) is 18.2 Å². The Bertz CT molecular complexity index is 1410. The number of carbonyl (C=O) groups is 3. The fourth-order valence-corrected chi connectivity index (χ4v) is 6.58. The molecule has 0 aromatic rings. The van der Waals surface area contributed by atoms with E-state index in [2.05, 4.69) is 13.2 Å². The standard InChI is InChI=1S/C34H46O19/c1-5-15-17(18(29(44)46-3)12-48-31(15)52-33-27(42)25(40)23(38)20(10-36)50-33)8-7-14(9-35)22-16(6-2)32(49-13-19(22)30(45)47-4)53-34-28(43)26(41)24(39)21(11-37)51-34/h5-7,9,12-13,15-17,20-28,31-34,36-43H,1-2,8,10-11H2,3-4H3/t15-,16-,17+,20?,21?,22-,23?,24?,25?,26?,27?,28?,31?,32?,33?,34?/m0/s1. The molecule has 19 heteroatoms. The number of hydrogen-bond acceptors (Lipinski definition) is 19. The first kappa shape index (κ1) is 42.2. The molecule has 8 N–H and O–H groups in total. The molecule has 0 amide bonds. The molecule has 2 saturated heterocycles. The van der Waals surface area contributed by atoms with Crippen molar-refractivity contribution in [3.8, 4) is 0 Å². The van der Waals surface area contributed by atoms with Gasteiger partial charge in [-0.3, -0.25) is 4.79 Å². The summed E-state index contributed by atoms with van der Waals surface area (Å²) >= 11 is 0. The van der Waals surface area contributed by atoms with E-state index in [0.717, 1.165) is 26.7 Å². The highest BCUT2D eigenvalue weighted by Gasteiger charge is 2.50. The van der Waals surface area contributed by atoms with Crippen molar-refractivity contribution in [2.75, 3.05) is 27.4 Å². The summed E-state index contributed by atoms with van der Waals surface area (Å²) in [6.07, 6.45) is -12.7. The van der Waals surface area contributed by atoms with Gasteiger partial charge >= 0.3 is 11.9 Å². The zero-order chi connectivity index (χ0) is 39.1. The third-order valence-corrected chi connectivity index (χ3v) is 9.59. The van der Waals surface area contributed by atoms with E-state index in [1.807, 2.05) is 0 Å². The van der Waals surface area contributed by atoms with Crippen LogP contribution in [0, 0.1) is 23.7 Å². The van der Waals surface area contributed by atoms with Gasteiger partial charge in [-0.1, -0.05) is 18.2 Å². The van der Waals surface area contributed by atoms with Gasteiger partial charge < -0.3 is 78.7 Å². The average molecular weight is 759 g/mol. The van der Waals surface area contributed by atoms with Crippen LogP contribution >= 0.6 is 0 Å². The number of aldehydes is 1. The molecule has 4 heterocycles. The molecular formula is C34H46O19. The van der Waals surface area contributed by atoms with Gasteiger partial charge in [-0.15, -0.1) is 13.2 Å². The van der Waals surface area contributed by atoms with Gasteiger partial charge in [0.25, 0.3) is 0 Å². The molecule has 0 spiro atoms. The first-order valence-corrected chi connectivity index (χ1v) is 16.5. The first-order valence-electron chi connectivity index (χ1n) is 16.5. The van der Waals surface area contributed by atoms with E-state index in [0.29, 0.717) is 6.29 Å². The van der Waals surface area contributed by atoms with Gasteiger partial charge in [0, 0.05) is 17.8 Å². The number of aliphatic hydroxyl groups is 8. The molecule has 2 fully saturated rings. The van der Waals surface area contributed by atoms with Crippen molar-refractivity contribution in [1.29, 1.82) is 0 Å². The summed E-state index contributed by atoms with van der Waals surface area (Å²) in [5.74, 6) is -5.82. The fraction of sp³-hybridized carbons (Fsp3) is 0.618. The number of rotatable bonds is 14. The van der Waals surface area contributed by atoms with Crippen LogP contribution in [0.1, 0.15) is 6.42 Å². The van der Waals surface area contributed by atoms with Crippen LogP contribution in [0.2, 0.25) is 0 Å². The maximum atomic E-state index is 13.0. The molecule has 16 atom stereocenters. The Morgan fingerprint density at radius 3 is 1.58 bits per heavy atom. The second kappa shape index (κ2) is 18.7. The molecule has 296 valence electrons. The molecule has 0 aromatic carbocycles. The topological polar surface area (TPSA) is 287 Å². The lowest BCUT2D eigenvalue weighted by Gasteiger charge is -2.43. The van der Waals surface area contributed by atoms with Crippen molar-refractivity contribution in [1.82, 2.24) is 0 Å². The van der Waals surface area contributed by atoms with Crippen LogP contribution in [0.15, 0.2) is 60.6 Å². The number of ether oxygens (including phenoxy) is 8. The summed E-state index contributed by atoms with van der Waals surface area (Å²) in [7, 11) is 2.23. The molecule has 0 radical (unpaired) electrons. The van der Waals surface area contributed by atoms with Crippen molar-refractivity contribution in [2.24, 2.45) is 23.7 Å². The summed E-state index contributed by atoms with van der Waals surface area (Å²) in [5.41, 5.74) is -0.223. The minimum atomic E-state index is -1.81. The summed E-state index contributed by atoms with van der Waals surface area (Å²) in [4.78, 5) is 38.7. The van der Waals surface area contributed by atoms with Gasteiger partial charge in [0.2, 0.25) is 12.6 Å². The van der Waals surface area contributed by atoms with Crippen LogP contribution < -0.4 is 0 Å². The van der Waals surface area contributed by atoms with Gasteiger partial charge in [0.05, 0.1) is 57.0 Å². The fourth-order valence-electron chi connectivity index (χ4n) is 6.58. The van der Waals surface area contributed by atoms with Crippen LogP contribution in [-0.2, 0) is 52.3 Å². The highest BCUT2D eigenvalue weighted by Crippen LogP contribution is 2.41. The zero-order valence-corrected chi connectivity index (χ0v) is 28.8. The van der Waals surface area contributed by atoms with Crippen LogP contribution in [0.25, 0.3) is 0 Å². The first-order chi connectivity index (χ1) is 25.3. The predicted molar refractivity (Wildman–Crippen MR) is 173 cm³/mol. The number of aliphatic hydroxyl groups excluding tert-OH is 8. The van der Waals surface area contributed by atoms with Crippen LogP contribution in [-0.4, -0.2) is 161 Å². The highest BCUT2D eigenvalue weighted by molar-refractivity contribution is 5.92. The molecule has 4 aliphatic rings. The Morgan fingerprint density at radius 1 is 0.698 bits per heavy atom. The second-order valence-corrected chi connectivity index (χ2v) is 12.6. The second-order valence-electron chi connectivity index (χ2n) is 12.6. The number of carbonyl (C=O) groups excluding carboxylic acids is 3.